The molecule has 2 atom stereocenters. The lowest BCUT2D eigenvalue weighted by molar-refractivity contribution is -0.116. The Morgan fingerprint density at radius 2 is 1.88 bits per heavy atom. The molecular formula is C25H21N5O2S. The predicted octanol–water partition coefficient (Wildman–Crippen LogP) is 5.13. The molecule has 164 valence electrons. The molecule has 2 aliphatic rings. The predicted molar refractivity (Wildman–Crippen MR) is 127 cm³/mol. The van der Waals surface area contributed by atoms with Crippen molar-refractivity contribution in [2.24, 2.45) is 0 Å². The molecule has 1 aliphatic heterocycles. The van der Waals surface area contributed by atoms with Crippen LogP contribution in [0.4, 0.5) is 11.9 Å². The molecule has 0 saturated carbocycles. The van der Waals surface area contributed by atoms with Gasteiger partial charge in [0.05, 0.1) is 0 Å². The number of carbonyl (C=O) groups is 1. The van der Waals surface area contributed by atoms with E-state index in [1.54, 1.807) is 16.0 Å². The summed E-state index contributed by atoms with van der Waals surface area (Å²) >= 11 is 1.69. The number of Topliss-reactive ketones (excluding diaryl/α,β-unsaturated/α-hetero) is 1. The zero-order valence-corrected chi connectivity index (χ0v) is 18.5. The fourth-order valence-electron chi connectivity index (χ4n) is 4.63. The minimum absolute atomic E-state index is 0.112. The van der Waals surface area contributed by atoms with E-state index in [1.807, 2.05) is 60.7 Å². The number of fused-ring (bicyclic) bond motifs is 1. The summed E-state index contributed by atoms with van der Waals surface area (Å²) in [5, 5.41) is 9.80. The van der Waals surface area contributed by atoms with Gasteiger partial charge in [0.1, 0.15) is 17.5 Å². The molecule has 7 nitrogen and oxygen atoms in total. The van der Waals surface area contributed by atoms with E-state index in [0.717, 1.165) is 29.0 Å². The molecule has 0 spiro atoms. The standard InChI is InChI=1S/C25H21N5O2S/c26-24-28-25-27-19-13-16(21-10-5-11-33-21)14-20(31)22(19)23(30(25)29-24)15-6-4-9-18(12-15)32-17-7-2-1-3-8-17/h1-12,16,23H,13-14H2,(H3,26,27,28,29)/t16-,23-/m1/s1. The van der Waals surface area contributed by atoms with Crippen LogP contribution in [-0.2, 0) is 4.79 Å². The molecule has 6 rings (SSSR count). The van der Waals surface area contributed by atoms with Gasteiger partial charge in [-0.1, -0.05) is 36.4 Å². The van der Waals surface area contributed by atoms with Crippen LogP contribution in [0.15, 0.2) is 83.4 Å². The molecule has 4 aromatic rings. The van der Waals surface area contributed by atoms with E-state index in [2.05, 4.69) is 26.8 Å². The zero-order chi connectivity index (χ0) is 22.4. The van der Waals surface area contributed by atoms with Gasteiger partial charge < -0.3 is 15.8 Å². The molecule has 2 aromatic heterocycles. The number of nitrogens with zero attached hydrogens (tertiary/aromatic N) is 3. The van der Waals surface area contributed by atoms with Crippen molar-refractivity contribution in [2.45, 2.75) is 24.8 Å². The van der Waals surface area contributed by atoms with E-state index in [0.29, 0.717) is 18.1 Å². The second-order valence-electron chi connectivity index (χ2n) is 8.19. The lowest BCUT2D eigenvalue weighted by Gasteiger charge is -2.34. The Hall–Kier alpha value is -3.91. The van der Waals surface area contributed by atoms with Crippen molar-refractivity contribution in [3.8, 4) is 11.5 Å². The van der Waals surface area contributed by atoms with Gasteiger partial charge in [-0.15, -0.1) is 16.4 Å². The van der Waals surface area contributed by atoms with Gasteiger partial charge in [-0.25, -0.2) is 4.68 Å². The summed E-state index contributed by atoms with van der Waals surface area (Å²) in [4.78, 5) is 19.1. The maximum absolute atomic E-state index is 13.5. The fraction of sp³-hybridized carbons (Fsp3) is 0.160. The van der Waals surface area contributed by atoms with Gasteiger partial charge >= 0.3 is 0 Å². The van der Waals surface area contributed by atoms with Crippen LogP contribution in [0, 0.1) is 0 Å². The molecule has 8 heteroatoms. The third-order valence-corrected chi connectivity index (χ3v) is 7.07. The topological polar surface area (TPSA) is 95.1 Å². The number of thiophene rings is 1. The average Bonchev–Trinajstić information content (AvgIpc) is 3.47. The fourth-order valence-corrected chi connectivity index (χ4v) is 5.46. The first-order chi connectivity index (χ1) is 16.2. The number of carbonyl (C=O) groups excluding carboxylic acids is 1. The summed E-state index contributed by atoms with van der Waals surface area (Å²) in [6, 6.07) is 21.1. The Labute approximate surface area is 194 Å². The van der Waals surface area contributed by atoms with Crippen molar-refractivity contribution in [3.05, 3.63) is 93.8 Å². The van der Waals surface area contributed by atoms with Crippen LogP contribution in [0.3, 0.4) is 0 Å². The summed E-state index contributed by atoms with van der Waals surface area (Å²) < 4.78 is 7.75. The number of nitrogen functional groups attached to an aromatic ring is 1. The molecule has 0 bridgehead atoms. The molecule has 2 aromatic carbocycles. The van der Waals surface area contributed by atoms with E-state index in [-0.39, 0.29) is 17.6 Å². The monoisotopic (exact) mass is 455 g/mol. The molecule has 33 heavy (non-hydrogen) atoms. The Morgan fingerprint density at radius 1 is 1.03 bits per heavy atom. The first-order valence-electron chi connectivity index (χ1n) is 10.8. The average molecular weight is 456 g/mol. The molecule has 1 aliphatic carbocycles. The van der Waals surface area contributed by atoms with Crippen LogP contribution >= 0.6 is 11.3 Å². The van der Waals surface area contributed by atoms with Gasteiger partial charge in [0.2, 0.25) is 11.9 Å². The number of hydrogen-bond donors (Lipinski definition) is 2. The van der Waals surface area contributed by atoms with Gasteiger partial charge in [-0.05, 0) is 47.7 Å². The maximum atomic E-state index is 13.5. The summed E-state index contributed by atoms with van der Waals surface area (Å²) in [6.07, 6.45) is 1.21. The largest absolute Gasteiger partial charge is 0.457 e. The smallest absolute Gasteiger partial charge is 0.241 e. The number of benzene rings is 2. The maximum Gasteiger partial charge on any atom is 0.241 e. The Bertz CT molecular complexity index is 1360. The molecule has 3 N–H and O–H groups in total. The number of ketones is 1. The molecular weight excluding hydrogens is 434 g/mol. The van der Waals surface area contributed by atoms with Crippen LogP contribution in [0.1, 0.15) is 35.2 Å². The van der Waals surface area contributed by atoms with Crippen LogP contribution in [0.5, 0.6) is 11.5 Å². The van der Waals surface area contributed by atoms with Crippen molar-refractivity contribution in [3.63, 3.8) is 0 Å². The second-order valence-corrected chi connectivity index (χ2v) is 9.17. The van der Waals surface area contributed by atoms with E-state index in [1.165, 1.54) is 4.88 Å². The Kier molecular flexibility index (Phi) is 4.73. The van der Waals surface area contributed by atoms with Gasteiger partial charge in [-0.3, -0.25) is 4.79 Å². The summed E-state index contributed by atoms with van der Waals surface area (Å²) in [6.45, 7) is 0. The molecule has 0 radical (unpaired) electrons. The first-order valence-corrected chi connectivity index (χ1v) is 11.7. The highest BCUT2D eigenvalue weighted by Crippen LogP contribution is 2.45. The molecule has 0 amide bonds. The summed E-state index contributed by atoms with van der Waals surface area (Å²) in [5.74, 6) is 2.42. The van der Waals surface area contributed by atoms with Crippen LogP contribution in [-0.4, -0.2) is 20.5 Å². The molecule has 0 fully saturated rings. The van der Waals surface area contributed by atoms with Crippen molar-refractivity contribution in [1.29, 1.82) is 0 Å². The SMILES string of the molecule is Nc1nc2n(n1)[C@H](c1cccc(Oc3ccccc3)c1)C1=C(C[C@@H](c3cccs3)CC1=O)N2. The molecule has 3 heterocycles. The van der Waals surface area contributed by atoms with E-state index >= 15 is 0 Å². The number of rotatable bonds is 4. The highest BCUT2D eigenvalue weighted by atomic mass is 32.1. The highest BCUT2D eigenvalue weighted by Gasteiger charge is 2.40. The Morgan fingerprint density at radius 3 is 2.70 bits per heavy atom. The molecule has 0 saturated heterocycles. The van der Waals surface area contributed by atoms with Crippen LogP contribution in [0.25, 0.3) is 0 Å². The molecule has 0 unspecified atom stereocenters. The minimum Gasteiger partial charge on any atom is -0.457 e. The number of anilines is 2. The van der Waals surface area contributed by atoms with Gasteiger partial charge in [0.15, 0.2) is 5.78 Å². The number of ether oxygens (including phenoxy) is 1. The highest BCUT2D eigenvalue weighted by molar-refractivity contribution is 7.10. The lowest BCUT2D eigenvalue weighted by atomic mass is 9.80. The van der Waals surface area contributed by atoms with Gasteiger partial charge in [0.25, 0.3) is 0 Å². The first kappa shape index (κ1) is 19.8. The number of hydrogen-bond acceptors (Lipinski definition) is 7. The quantitative estimate of drug-likeness (QED) is 0.443. The number of allylic oxidation sites excluding steroid dienone is 2. The van der Waals surface area contributed by atoms with Crippen molar-refractivity contribution in [1.82, 2.24) is 14.8 Å². The van der Waals surface area contributed by atoms with Gasteiger partial charge in [0, 0.05) is 28.5 Å². The van der Waals surface area contributed by atoms with E-state index in [4.69, 9.17) is 10.5 Å². The van der Waals surface area contributed by atoms with Crippen molar-refractivity contribution in [2.75, 3.05) is 11.1 Å². The summed E-state index contributed by atoms with van der Waals surface area (Å²) in [7, 11) is 0. The number of nitrogens with two attached hydrogens (primary N) is 1. The van der Waals surface area contributed by atoms with Gasteiger partial charge in [-0.2, -0.15) is 4.98 Å². The third-order valence-electron chi connectivity index (χ3n) is 6.03. The summed E-state index contributed by atoms with van der Waals surface area (Å²) in [5.41, 5.74) is 8.46. The zero-order valence-electron chi connectivity index (χ0n) is 17.6. The Balaban J connectivity index is 1.42. The number of nitrogens with one attached hydrogen (secondary N) is 1. The minimum atomic E-state index is -0.419. The lowest BCUT2D eigenvalue weighted by Crippen LogP contribution is -2.33. The van der Waals surface area contributed by atoms with Crippen LogP contribution in [0.2, 0.25) is 0 Å². The van der Waals surface area contributed by atoms with Crippen molar-refractivity contribution < 1.29 is 9.53 Å². The van der Waals surface area contributed by atoms with Crippen LogP contribution < -0.4 is 15.8 Å². The van der Waals surface area contributed by atoms with E-state index < -0.39 is 6.04 Å². The number of para-hydroxylation sites is 1. The van der Waals surface area contributed by atoms with Crippen molar-refractivity contribution >= 4 is 29.0 Å². The number of aromatic nitrogens is 3. The third kappa shape index (κ3) is 3.58. The normalized spacial score (nSPS) is 19.6. The van der Waals surface area contributed by atoms with E-state index in [9.17, 15) is 4.79 Å². The second kappa shape index (κ2) is 7.90.